The van der Waals surface area contributed by atoms with Crippen LogP contribution >= 0.6 is 11.3 Å². The number of nitrogens with zero attached hydrogens (tertiary/aromatic N) is 3. The summed E-state index contributed by atoms with van der Waals surface area (Å²) >= 11 is 1.82. The molecule has 0 atom stereocenters. The van der Waals surface area contributed by atoms with Gasteiger partial charge in [-0.2, -0.15) is 0 Å². The van der Waals surface area contributed by atoms with Crippen LogP contribution in [0.4, 0.5) is 5.13 Å². The fourth-order valence-electron chi connectivity index (χ4n) is 2.35. The fraction of sp³-hybridized carbons (Fsp3) is 0.500. The first kappa shape index (κ1) is 11.9. The number of benzene rings is 1. The number of hydrogen-bond acceptors (Lipinski definition) is 4. The Labute approximate surface area is 112 Å². The minimum absolute atomic E-state index is 1.09. The highest BCUT2D eigenvalue weighted by Gasteiger charge is 2.18. The zero-order valence-corrected chi connectivity index (χ0v) is 12.0. The Bertz CT molecular complexity index is 568. The van der Waals surface area contributed by atoms with Crippen molar-refractivity contribution in [2.24, 2.45) is 0 Å². The minimum Gasteiger partial charge on any atom is -0.345 e. The second-order valence-corrected chi connectivity index (χ2v) is 6.15. The zero-order chi connectivity index (χ0) is 12.7. The lowest BCUT2D eigenvalue weighted by Crippen LogP contribution is -2.44. The Balaban J connectivity index is 1.96. The van der Waals surface area contributed by atoms with E-state index in [1.165, 1.54) is 26.5 Å². The lowest BCUT2D eigenvalue weighted by atomic mass is 10.1. The van der Waals surface area contributed by atoms with Crippen LogP contribution in [0, 0.1) is 13.8 Å². The Hall–Kier alpha value is -1.13. The quantitative estimate of drug-likeness (QED) is 0.787. The number of aryl methyl sites for hydroxylation is 2. The highest BCUT2D eigenvalue weighted by Crippen LogP contribution is 2.32. The van der Waals surface area contributed by atoms with E-state index in [0.29, 0.717) is 0 Å². The first-order valence-electron chi connectivity index (χ1n) is 6.45. The van der Waals surface area contributed by atoms with Crippen molar-refractivity contribution in [2.45, 2.75) is 13.8 Å². The van der Waals surface area contributed by atoms with Crippen molar-refractivity contribution in [1.82, 2.24) is 9.88 Å². The maximum absolute atomic E-state index is 4.85. The van der Waals surface area contributed by atoms with Crippen molar-refractivity contribution in [3.05, 3.63) is 23.3 Å². The van der Waals surface area contributed by atoms with Gasteiger partial charge in [-0.15, -0.1) is 0 Å². The van der Waals surface area contributed by atoms with Crippen molar-refractivity contribution in [3.8, 4) is 0 Å². The molecule has 0 aliphatic carbocycles. The van der Waals surface area contributed by atoms with Crippen LogP contribution in [0.15, 0.2) is 12.1 Å². The number of anilines is 1. The summed E-state index contributed by atoms with van der Waals surface area (Å²) < 4.78 is 1.31. The number of likely N-dealkylation sites (N-methyl/N-ethyl adjacent to an activating group) is 1. The molecule has 1 aliphatic rings. The van der Waals surface area contributed by atoms with Gasteiger partial charge in [0.25, 0.3) is 0 Å². The molecule has 1 aromatic carbocycles. The molecule has 3 rings (SSSR count). The smallest absolute Gasteiger partial charge is 0.186 e. The van der Waals surface area contributed by atoms with Gasteiger partial charge in [0.1, 0.15) is 0 Å². The van der Waals surface area contributed by atoms with E-state index in [2.05, 4.69) is 42.8 Å². The molecule has 1 saturated heterocycles. The minimum atomic E-state index is 1.09. The predicted molar refractivity (Wildman–Crippen MR) is 78.8 cm³/mol. The molecule has 0 N–H and O–H groups in total. The number of aromatic nitrogens is 1. The molecule has 0 bridgehead atoms. The average Bonchev–Trinajstić information content (AvgIpc) is 2.80. The summed E-state index contributed by atoms with van der Waals surface area (Å²) in [5.41, 5.74) is 3.84. The molecule has 4 heteroatoms. The molecule has 1 fully saturated rings. The van der Waals surface area contributed by atoms with E-state index < -0.39 is 0 Å². The Kier molecular flexibility index (Phi) is 2.99. The second-order valence-electron chi connectivity index (χ2n) is 5.14. The van der Waals surface area contributed by atoms with Crippen LogP contribution in [0.25, 0.3) is 10.2 Å². The SMILES string of the molecule is Cc1ccc2sc(N3CCN(C)CC3)nc2c1C. The maximum atomic E-state index is 4.85. The van der Waals surface area contributed by atoms with Crippen LogP contribution in [0.1, 0.15) is 11.1 Å². The molecule has 2 heterocycles. The summed E-state index contributed by atoms with van der Waals surface area (Å²) in [6.07, 6.45) is 0. The van der Waals surface area contributed by atoms with Crippen LogP contribution in [-0.2, 0) is 0 Å². The van der Waals surface area contributed by atoms with E-state index in [4.69, 9.17) is 4.98 Å². The summed E-state index contributed by atoms with van der Waals surface area (Å²) in [4.78, 5) is 9.64. The lowest BCUT2D eigenvalue weighted by molar-refractivity contribution is 0.313. The normalized spacial score (nSPS) is 17.6. The third-order valence-electron chi connectivity index (χ3n) is 3.85. The van der Waals surface area contributed by atoms with Gasteiger partial charge in [0.2, 0.25) is 0 Å². The first-order valence-corrected chi connectivity index (χ1v) is 7.27. The molecular formula is C14H19N3S. The Morgan fingerprint density at radius 3 is 2.56 bits per heavy atom. The highest BCUT2D eigenvalue weighted by molar-refractivity contribution is 7.22. The topological polar surface area (TPSA) is 19.4 Å². The van der Waals surface area contributed by atoms with E-state index in [-0.39, 0.29) is 0 Å². The third-order valence-corrected chi connectivity index (χ3v) is 4.93. The van der Waals surface area contributed by atoms with E-state index in [0.717, 1.165) is 26.2 Å². The van der Waals surface area contributed by atoms with Gasteiger partial charge in [-0.1, -0.05) is 17.4 Å². The summed E-state index contributed by atoms with van der Waals surface area (Å²) in [5, 5.41) is 1.19. The van der Waals surface area contributed by atoms with Crippen LogP contribution in [-0.4, -0.2) is 43.1 Å². The summed E-state index contributed by atoms with van der Waals surface area (Å²) in [5.74, 6) is 0. The number of rotatable bonds is 1. The molecule has 1 aliphatic heterocycles. The average molecular weight is 261 g/mol. The molecule has 96 valence electrons. The molecule has 18 heavy (non-hydrogen) atoms. The van der Waals surface area contributed by atoms with E-state index in [9.17, 15) is 0 Å². The number of thiazole rings is 1. The summed E-state index contributed by atoms with van der Waals surface area (Å²) in [6, 6.07) is 4.40. The van der Waals surface area contributed by atoms with Crippen LogP contribution in [0.2, 0.25) is 0 Å². The fourth-order valence-corrected chi connectivity index (χ4v) is 3.42. The predicted octanol–water partition coefficient (Wildman–Crippen LogP) is 2.66. The Morgan fingerprint density at radius 1 is 1.11 bits per heavy atom. The van der Waals surface area contributed by atoms with Crippen molar-refractivity contribution in [1.29, 1.82) is 0 Å². The molecule has 3 nitrogen and oxygen atoms in total. The van der Waals surface area contributed by atoms with Crippen molar-refractivity contribution in [3.63, 3.8) is 0 Å². The standard InChI is InChI=1S/C14H19N3S/c1-10-4-5-12-13(11(10)2)15-14(18-12)17-8-6-16(3)7-9-17/h4-5H,6-9H2,1-3H3. The summed E-state index contributed by atoms with van der Waals surface area (Å²) in [7, 11) is 2.18. The van der Waals surface area contributed by atoms with E-state index in [1.54, 1.807) is 0 Å². The number of fused-ring (bicyclic) bond motifs is 1. The molecule has 0 amide bonds. The van der Waals surface area contributed by atoms with Gasteiger partial charge in [0.05, 0.1) is 10.2 Å². The van der Waals surface area contributed by atoms with Gasteiger partial charge in [0, 0.05) is 26.2 Å². The molecule has 2 aromatic rings. The summed E-state index contributed by atoms with van der Waals surface area (Å²) in [6.45, 7) is 8.78. The number of hydrogen-bond donors (Lipinski definition) is 0. The van der Waals surface area contributed by atoms with Crippen molar-refractivity contribution in [2.75, 3.05) is 38.1 Å². The molecular weight excluding hydrogens is 242 g/mol. The molecule has 0 spiro atoms. The maximum Gasteiger partial charge on any atom is 0.186 e. The van der Waals surface area contributed by atoms with E-state index in [1.807, 2.05) is 11.3 Å². The van der Waals surface area contributed by atoms with Crippen molar-refractivity contribution < 1.29 is 0 Å². The van der Waals surface area contributed by atoms with Crippen LogP contribution in [0.3, 0.4) is 0 Å². The monoisotopic (exact) mass is 261 g/mol. The first-order chi connectivity index (χ1) is 8.65. The molecule has 0 radical (unpaired) electrons. The van der Waals surface area contributed by atoms with Gasteiger partial charge in [0.15, 0.2) is 5.13 Å². The van der Waals surface area contributed by atoms with Gasteiger partial charge >= 0.3 is 0 Å². The molecule has 0 saturated carbocycles. The lowest BCUT2D eigenvalue weighted by Gasteiger charge is -2.32. The molecule has 0 unspecified atom stereocenters. The van der Waals surface area contributed by atoms with Gasteiger partial charge < -0.3 is 9.80 Å². The zero-order valence-electron chi connectivity index (χ0n) is 11.2. The number of piperazine rings is 1. The highest BCUT2D eigenvalue weighted by atomic mass is 32.1. The molecule has 1 aromatic heterocycles. The van der Waals surface area contributed by atoms with Gasteiger partial charge in [-0.3, -0.25) is 0 Å². The van der Waals surface area contributed by atoms with E-state index >= 15 is 0 Å². The van der Waals surface area contributed by atoms with Crippen LogP contribution < -0.4 is 4.90 Å². The second kappa shape index (κ2) is 4.52. The largest absolute Gasteiger partial charge is 0.345 e. The Morgan fingerprint density at radius 2 is 1.83 bits per heavy atom. The van der Waals surface area contributed by atoms with Gasteiger partial charge in [-0.25, -0.2) is 4.98 Å². The van der Waals surface area contributed by atoms with Gasteiger partial charge in [-0.05, 0) is 38.1 Å². The van der Waals surface area contributed by atoms with Crippen LogP contribution in [0.5, 0.6) is 0 Å². The third kappa shape index (κ3) is 1.99. The van der Waals surface area contributed by atoms with Crippen molar-refractivity contribution >= 4 is 26.7 Å².